The van der Waals surface area contributed by atoms with Crippen LogP contribution in [0.25, 0.3) is 0 Å². The van der Waals surface area contributed by atoms with Gasteiger partial charge in [0, 0.05) is 14.2 Å². The van der Waals surface area contributed by atoms with Gasteiger partial charge in [-0.05, 0) is 31.5 Å². The largest absolute Gasteiger partial charge is 0.494 e. The molecule has 0 spiro atoms. The van der Waals surface area contributed by atoms with Crippen LogP contribution in [0.15, 0.2) is 24.3 Å². The molecule has 0 radical (unpaired) electrons. The summed E-state index contributed by atoms with van der Waals surface area (Å²) in [6.07, 6.45) is -0.430. The van der Waals surface area contributed by atoms with Crippen molar-refractivity contribution >= 4 is 5.91 Å². The maximum atomic E-state index is 12.1. The molecule has 20 heavy (non-hydrogen) atoms. The summed E-state index contributed by atoms with van der Waals surface area (Å²) in [6, 6.07) is 7.56. The molecular formula is C15H23NO4. The van der Waals surface area contributed by atoms with Gasteiger partial charge in [-0.2, -0.15) is 0 Å². The Morgan fingerprint density at radius 3 is 2.60 bits per heavy atom. The highest BCUT2D eigenvalue weighted by Crippen LogP contribution is 2.21. The fourth-order valence-corrected chi connectivity index (χ4v) is 1.79. The monoisotopic (exact) mass is 281 g/mol. The third kappa shape index (κ3) is 4.83. The summed E-state index contributed by atoms with van der Waals surface area (Å²) < 4.78 is 15.5. The van der Waals surface area contributed by atoms with Crippen LogP contribution in [0.3, 0.4) is 0 Å². The van der Waals surface area contributed by atoms with E-state index in [0.717, 1.165) is 11.3 Å². The van der Waals surface area contributed by atoms with Crippen molar-refractivity contribution in [1.29, 1.82) is 0 Å². The fraction of sp³-hybridized carbons (Fsp3) is 0.533. The summed E-state index contributed by atoms with van der Waals surface area (Å²) in [6.45, 7) is 4.71. The normalized spacial score (nSPS) is 12.2. The maximum Gasteiger partial charge on any atom is 0.227 e. The van der Waals surface area contributed by atoms with Crippen molar-refractivity contribution in [3.8, 4) is 5.75 Å². The summed E-state index contributed by atoms with van der Waals surface area (Å²) >= 11 is 0. The molecule has 0 saturated carbocycles. The van der Waals surface area contributed by atoms with E-state index >= 15 is 0 Å². The van der Waals surface area contributed by atoms with Crippen molar-refractivity contribution in [3.05, 3.63) is 29.8 Å². The maximum absolute atomic E-state index is 12.1. The highest BCUT2D eigenvalue weighted by atomic mass is 16.7. The van der Waals surface area contributed by atoms with E-state index in [1.54, 1.807) is 0 Å². The first-order chi connectivity index (χ1) is 9.62. The lowest BCUT2D eigenvalue weighted by molar-refractivity contribution is -0.128. The zero-order valence-corrected chi connectivity index (χ0v) is 12.5. The minimum absolute atomic E-state index is 0.0715. The van der Waals surface area contributed by atoms with Crippen LogP contribution in [0.2, 0.25) is 0 Å². The summed E-state index contributed by atoms with van der Waals surface area (Å²) in [7, 11) is 3.07. The topological polar surface area (TPSA) is 56.8 Å². The molecule has 1 N–H and O–H groups in total. The number of carbonyl (C=O) groups excluding carboxylic acids is 1. The Hall–Kier alpha value is -1.59. The Morgan fingerprint density at radius 2 is 2.00 bits per heavy atom. The Labute approximate surface area is 120 Å². The second-order valence-electron chi connectivity index (χ2n) is 4.37. The molecular weight excluding hydrogens is 258 g/mol. The SMILES string of the molecule is CCOc1cccc(C(C)C(=O)NCC(OC)OC)c1. The molecule has 0 aliphatic rings. The molecule has 5 nitrogen and oxygen atoms in total. The van der Waals surface area contributed by atoms with Crippen LogP contribution in [0.1, 0.15) is 25.3 Å². The third-order valence-corrected chi connectivity index (χ3v) is 3.03. The van der Waals surface area contributed by atoms with Gasteiger partial charge in [0.05, 0.1) is 19.1 Å². The average molecular weight is 281 g/mol. The van der Waals surface area contributed by atoms with Crippen molar-refractivity contribution in [2.24, 2.45) is 0 Å². The standard InChI is InChI=1S/C15H23NO4/c1-5-20-13-8-6-7-12(9-13)11(2)15(17)16-10-14(18-3)19-4/h6-9,11,14H,5,10H2,1-4H3,(H,16,17). The molecule has 1 atom stereocenters. The highest BCUT2D eigenvalue weighted by molar-refractivity contribution is 5.83. The number of hydrogen-bond donors (Lipinski definition) is 1. The average Bonchev–Trinajstić information content (AvgIpc) is 2.48. The molecule has 0 bridgehead atoms. The lowest BCUT2D eigenvalue weighted by atomic mass is 10.00. The van der Waals surface area contributed by atoms with E-state index in [9.17, 15) is 4.79 Å². The smallest absolute Gasteiger partial charge is 0.227 e. The van der Waals surface area contributed by atoms with Gasteiger partial charge < -0.3 is 19.5 Å². The molecule has 1 aromatic carbocycles. The minimum atomic E-state index is -0.430. The molecule has 112 valence electrons. The molecule has 1 rings (SSSR count). The Bertz CT molecular complexity index is 418. The summed E-state index contributed by atoms with van der Waals surface area (Å²) in [5, 5.41) is 2.80. The quantitative estimate of drug-likeness (QED) is 0.740. The highest BCUT2D eigenvalue weighted by Gasteiger charge is 2.17. The van der Waals surface area contributed by atoms with Gasteiger partial charge in [-0.25, -0.2) is 0 Å². The van der Waals surface area contributed by atoms with Gasteiger partial charge in [0.1, 0.15) is 5.75 Å². The molecule has 1 unspecified atom stereocenters. The van der Waals surface area contributed by atoms with E-state index in [1.165, 1.54) is 14.2 Å². The zero-order valence-electron chi connectivity index (χ0n) is 12.5. The van der Waals surface area contributed by atoms with E-state index in [4.69, 9.17) is 14.2 Å². The van der Waals surface area contributed by atoms with Gasteiger partial charge in [0.15, 0.2) is 6.29 Å². The van der Waals surface area contributed by atoms with E-state index in [-0.39, 0.29) is 11.8 Å². The Kier molecular flexibility index (Phi) is 7.04. The van der Waals surface area contributed by atoms with Crippen molar-refractivity contribution in [2.75, 3.05) is 27.4 Å². The molecule has 0 aliphatic heterocycles. The molecule has 1 amide bonds. The molecule has 5 heteroatoms. The van der Waals surface area contributed by atoms with Gasteiger partial charge in [0.2, 0.25) is 5.91 Å². The molecule has 0 heterocycles. The number of hydrogen-bond acceptors (Lipinski definition) is 4. The second-order valence-corrected chi connectivity index (χ2v) is 4.37. The van der Waals surface area contributed by atoms with Crippen molar-refractivity contribution < 1.29 is 19.0 Å². The van der Waals surface area contributed by atoms with Crippen molar-refractivity contribution in [3.63, 3.8) is 0 Å². The molecule has 0 aromatic heterocycles. The number of ether oxygens (including phenoxy) is 3. The van der Waals surface area contributed by atoms with Crippen molar-refractivity contribution in [1.82, 2.24) is 5.32 Å². The first-order valence-electron chi connectivity index (χ1n) is 6.68. The summed E-state index contributed by atoms with van der Waals surface area (Å²) in [5.74, 6) is 0.443. The molecule has 1 aromatic rings. The Morgan fingerprint density at radius 1 is 1.30 bits per heavy atom. The van der Waals surface area contributed by atoms with Gasteiger partial charge in [-0.1, -0.05) is 12.1 Å². The number of rotatable bonds is 8. The minimum Gasteiger partial charge on any atom is -0.494 e. The van der Waals surface area contributed by atoms with E-state index < -0.39 is 6.29 Å². The molecule has 0 fully saturated rings. The van der Waals surface area contributed by atoms with Crippen LogP contribution < -0.4 is 10.1 Å². The van der Waals surface area contributed by atoms with E-state index in [0.29, 0.717) is 13.2 Å². The second kappa shape index (κ2) is 8.55. The van der Waals surface area contributed by atoms with Crippen LogP contribution in [-0.2, 0) is 14.3 Å². The molecule has 0 saturated heterocycles. The summed E-state index contributed by atoms with van der Waals surface area (Å²) in [5.41, 5.74) is 0.917. The van der Waals surface area contributed by atoms with Gasteiger partial charge in [-0.3, -0.25) is 4.79 Å². The van der Waals surface area contributed by atoms with E-state index in [1.807, 2.05) is 38.1 Å². The predicted octanol–water partition coefficient (Wildman–Crippen LogP) is 1.92. The van der Waals surface area contributed by atoms with E-state index in [2.05, 4.69) is 5.32 Å². The van der Waals surface area contributed by atoms with Crippen LogP contribution in [0.4, 0.5) is 0 Å². The van der Waals surface area contributed by atoms with Crippen LogP contribution >= 0.6 is 0 Å². The van der Waals surface area contributed by atoms with Gasteiger partial charge >= 0.3 is 0 Å². The van der Waals surface area contributed by atoms with Crippen LogP contribution in [0.5, 0.6) is 5.75 Å². The lowest BCUT2D eigenvalue weighted by Crippen LogP contribution is -2.36. The summed E-state index contributed by atoms with van der Waals surface area (Å²) in [4.78, 5) is 12.1. The number of methoxy groups -OCH3 is 2. The number of nitrogens with one attached hydrogen (secondary N) is 1. The number of amides is 1. The number of benzene rings is 1. The van der Waals surface area contributed by atoms with Gasteiger partial charge in [-0.15, -0.1) is 0 Å². The molecule has 0 aliphatic carbocycles. The van der Waals surface area contributed by atoms with Crippen molar-refractivity contribution in [2.45, 2.75) is 26.1 Å². The fourth-order valence-electron chi connectivity index (χ4n) is 1.79. The Balaban J connectivity index is 2.61. The first-order valence-corrected chi connectivity index (χ1v) is 6.68. The predicted molar refractivity (Wildman–Crippen MR) is 76.8 cm³/mol. The zero-order chi connectivity index (χ0) is 15.0. The van der Waals surface area contributed by atoms with Gasteiger partial charge in [0.25, 0.3) is 0 Å². The van der Waals surface area contributed by atoms with Crippen LogP contribution in [-0.4, -0.2) is 39.6 Å². The lowest BCUT2D eigenvalue weighted by Gasteiger charge is -2.17. The van der Waals surface area contributed by atoms with Crippen LogP contribution in [0, 0.1) is 0 Å². The number of carbonyl (C=O) groups is 1. The third-order valence-electron chi connectivity index (χ3n) is 3.03. The first kappa shape index (κ1) is 16.5.